The smallest absolute Gasteiger partial charge is 0.0366 e. The Bertz CT molecular complexity index is 542. The molecule has 0 aliphatic carbocycles. The molecule has 0 radical (unpaired) electrons. The maximum Gasteiger partial charge on any atom is 0.0366 e. The number of rotatable bonds is 2. The average molecular weight is 252 g/mol. The van der Waals surface area contributed by atoms with Crippen molar-refractivity contribution in [3.05, 3.63) is 48.5 Å². The summed E-state index contributed by atoms with van der Waals surface area (Å²) in [6, 6.07) is 16.9. The van der Waals surface area contributed by atoms with E-state index in [4.69, 9.17) is 5.73 Å². The lowest BCUT2D eigenvalue weighted by Crippen LogP contribution is -2.18. The molecule has 1 saturated heterocycles. The topological polar surface area (TPSA) is 29.3 Å². The van der Waals surface area contributed by atoms with Gasteiger partial charge in [-0.1, -0.05) is 31.2 Å². The zero-order valence-corrected chi connectivity index (χ0v) is 11.3. The predicted octanol–water partition coefficient (Wildman–Crippen LogP) is 3.78. The van der Waals surface area contributed by atoms with Crippen LogP contribution in [0.3, 0.4) is 0 Å². The Morgan fingerprint density at radius 3 is 2.05 bits per heavy atom. The predicted molar refractivity (Wildman–Crippen MR) is 82.3 cm³/mol. The van der Waals surface area contributed by atoms with Gasteiger partial charge in [0.2, 0.25) is 0 Å². The minimum Gasteiger partial charge on any atom is -0.399 e. The highest BCUT2D eigenvalue weighted by molar-refractivity contribution is 5.68. The summed E-state index contributed by atoms with van der Waals surface area (Å²) in [6.07, 6.45) is 1.31. The van der Waals surface area contributed by atoms with Crippen molar-refractivity contribution < 1.29 is 0 Å². The molecule has 98 valence electrons. The van der Waals surface area contributed by atoms with Gasteiger partial charge in [0.05, 0.1) is 0 Å². The van der Waals surface area contributed by atoms with Gasteiger partial charge in [-0.25, -0.2) is 0 Å². The molecule has 0 spiro atoms. The minimum absolute atomic E-state index is 0.812. The fraction of sp³-hybridized carbons (Fsp3) is 0.294. The third-order valence-electron chi connectivity index (χ3n) is 3.90. The molecule has 1 atom stereocenters. The number of nitrogens with two attached hydrogens (primary N) is 1. The first-order valence-corrected chi connectivity index (χ1v) is 6.93. The number of hydrogen-bond donors (Lipinski definition) is 1. The van der Waals surface area contributed by atoms with E-state index in [0.717, 1.165) is 11.6 Å². The summed E-state index contributed by atoms with van der Waals surface area (Å²) in [5.74, 6) is 0.816. The van der Waals surface area contributed by atoms with Crippen LogP contribution >= 0.6 is 0 Å². The number of anilines is 2. The van der Waals surface area contributed by atoms with Crippen LogP contribution in [-0.4, -0.2) is 13.1 Å². The Labute approximate surface area is 114 Å². The van der Waals surface area contributed by atoms with Crippen LogP contribution in [-0.2, 0) is 0 Å². The highest BCUT2D eigenvalue weighted by Gasteiger charge is 2.18. The zero-order valence-electron chi connectivity index (χ0n) is 11.3. The molecule has 2 aromatic carbocycles. The van der Waals surface area contributed by atoms with Crippen molar-refractivity contribution in [2.75, 3.05) is 23.7 Å². The van der Waals surface area contributed by atoms with Crippen molar-refractivity contribution in [2.45, 2.75) is 13.3 Å². The lowest BCUT2D eigenvalue weighted by molar-refractivity contribution is 0.659. The van der Waals surface area contributed by atoms with E-state index in [1.54, 1.807) is 0 Å². The van der Waals surface area contributed by atoms with Crippen LogP contribution in [0.5, 0.6) is 0 Å². The molecule has 1 heterocycles. The Hall–Kier alpha value is -1.96. The summed E-state index contributed by atoms with van der Waals surface area (Å²) in [4.78, 5) is 2.47. The quantitative estimate of drug-likeness (QED) is 0.824. The normalized spacial score (nSPS) is 18.8. The summed E-state index contributed by atoms with van der Waals surface area (Å²) in [5, 5.41) is 0. The molecule has 1 aliphatic heterocycles. The minimum atomic E-state index is 0.812. The Morgan fingerprint density at radius 2 is 1.53 bits per heavy atom. The van der Waals surface area contributed by atoms with Crippen molar-refractivity contribution in [1.29, 1.82) is 0 Å². The molecule has 1 unspecified atom stereocenters. The van der Waals surface area contributed by atoms with Crippen molar-refractivity contribution in [2.24, 2.45) is 5.92 Å². The Kier molecular flexibility index (Phi) is 3.16. The van der Waals surface area contributed by atoms with Gasteiger partial charge in [0.25, 0.3) is 0 Å². The average Bonchev–Trinajstić information content (AvgIpc) is 2.87. The van der Waals surface area contributed by atoms with Gasteiger partial charge in [0.15, 0.2) is 0 Å². The Balaban J connectivity index is 1.80. The van der Waals surface area contributed by atoms with E-state index >= 15 is 0 Å². The maximum absolute atomic E-state index is 5.72. The van der Waals surface area contributed by atoms with Crippen LogP contribution in [0.2, 0.25) is 0 Å². The van der Waals surface area contributed by atoms with E-state index < -0.39 is 0 Å². The second kappa shape index (κ2) is 4.96. The highest BCUT2D eigenvalue weighted by atomic mass is 15.1. The van der Waals surface area contributed by atoms with E-state index in [-0.39, 0.29) is 0 Å². The van der Waals surface area contributed by atoms with Crippen LogP contribution in [0.15, 0.2) is 48.5 Å². The molecule has 1 fully saturated rings. The first-order valence-electron chi connectivity index (χ1n) is 6.93. The third kappa shape index (κ3) is 2.58. The van der Waals surface area contributed by atoms with Gasteiger partial charge in [-0.05, 0) is 47.7 Å². The maximum atomic E-state index is 5.72. The molecule has 0 saturated carbocycles. The monoisotopic (exact) mass is 252 g/mol. The van der Waals surface area contributed by atoms with Crippen LogP contribution < -0.4 is 10.6 Å². The van der Waals surface area contributed by atoms with Crippen molar-refractivity contribution >= 4 is 11.4 Å². The summed E-state index contributed by atoms with van der Waals surface area (Å²) < 4.78 is 0. The highest BCUT2D eigenvalue weighted by Crippen LogP contribution is 2.27. The first kappa shape index (κ1) is 12.1. The molecule has 3 rings (SSSR count). The van der Waals surface area contributed by atoms with Gasteiger partial charge in [-0.3, -0.25) is 0 Å². The van der Waals surface area contributed by atoms with Crippen LogP contribution in [0.25, 0.3) is 11.1 Å². The summed E-state index contributed by atoms with van der Waals surface area (Å²) in [6.45, 7) is 4.69. The van der Waals surface area contributed by atoms with Crippen molar-refractivity contribution in [1.82, 2.24) is 0 Å². The zero-order chi connectivity index (χ0) is 13.2. The van der Waals surface area contributed by atoms with Crippen LogP contribution in [0.4, 0.5) is 11.4 Å². The number of benzene rings is 2. The molecular formula is C17H20N2. The van der Waals surface area contributed by atoms with Gasteiger partial charge >= 0.3 is 0 Å². The molecule has 2 aromatic rings. The van der Waals surface area contributed by atoms with Gasteiger partial charge in [-0.2, -0.15) is 0 Å². The molecule has 0 aromatic heterocycles. The molecular weight excluding hydrogens is 232 g/mol. The van der Waals surface area contributed by atoms with E-state index in [9.17, 15) is 0 Å². The SMILES string of the molecule is CC1CCN(c2ccc(-c3ccc(N)cc3)cc2)C1. The number of nitrogens with zero attached hydrogens (tertiary/aromatic N) is 1. The first-order chi connectivity index (χ1) is 9.22. The lowest BCUT2D eigenvalue weighted by atomic mass is 10.0. The van der Waals surface area contributed by atoms with Crippen molar-refractivity contribution in [3.8, 4) is 11.1 Å². The van der Waals surface area contributed by atoms with Crippen molar-refractivity contribution in [3.63, 3.8) is 0 Å². The summed E-state index contributed by atoms with van der Waals surface area (Å²) in [5.41, 5.74) is 10.3. The summed E-state index contributed by atoms with van der Waals surface area (Å²) >= 11 is 0. The number of nitrogen functional groups attached to an aromatic ring is 1. The van der Waals surface area contributed by atoms with E-state index in [0.29, 0.717) is 0 Å². The second-order valence-electron chi connectivity index (χ2n) is 5.51. The lowest BCUT2D eigenvalue weighted by Gasteiger charge is -2.18. The molecule has 0 bridgehead atoms. The van der Waals surface area contributed by atoms with Crippen LogP contribution in [0, 0.1) is 5.92 Å². The van der Waals surface area contributed by atoms with Crippen LogP contribution in [0.1, 0.15) is 13.3 Å². The van der Waals surface area contributed by atoms with Gasteiger partial charge in [0, 0.05) is 24.5 Å². The van der Waals surface area contributed by atoms with Gasteiger partial charge in [-0.15, -0.1) is 0 Å². The van der Waals surface area contributed by atoms with E-state index in [2.05, 4.69) is 48.2 Å². The van der Waals surface area contributed by atoms with Gasteiger partial charge < -0.3 is 10.6 Å². The molecule has 0 amide bonds. The standard InChI is InChI=1S/C17H20N2/c1-13-10-11-19(12-13)17-8-4-15(5-9-17)14-2-6-16(18)7-3-14/h2-9,13H,10-12,18H2,1H3. The molecule has 19 heavy (non-hydrogen) atoms. The van der Waals surface area contributed by atoms with E-state index in [1.165, 1.54) is 36.3 Å². The fourth-order valence-corrected chi connectivity index (χ4v) is 2.71. The third-order valence-corrected chi connectivity index (χ3v) is 3.90. The Morgan fingerprint density at radius 1 is 0.947 bits per heavy atom. The van der Waals surface area contributed by atoms with Gasteiger partial charge in [0.1, 0.15) is 0 Å². The molecule has 1 aliphatic rings. The number of hydrogen-bond acceptors (Lipinski definition) is 2. The molecule has 2 N–H and O–H groups in total. The molecule has 2 heteroatoms. The second-order valence-corrected chi connectivity index (χ2v) is 5.51. The largest absolute Gasteiger partial charge is 0.399 e. The fourth-order valence-electron chi connectivity index (χ4n) is 2.71. The van der Waals surface area contributed by atoms with E-state index in [1.807, 2.05) is 12.1 Å². The summed E-state index contributed by atoms with van der Waals surface area (Å²) in [7, 11) is 0. The molecule has 2 nitrogen and oxygen atoms in total.